The lowest BCUT2D eigenvalue weighted by atomic mass is 9.84. The zero-order valence-electron chi connectivity index (χ0n) is 18.9. The van der Waals surface area contributed by atoms with Crippen LogP contribution in [-0.2, 0) is 32.4 Å². The molecule has 0 unspecified atom stereocenters. The van der Waals surface area contributed by atoms with Crippen molar-refractivity contribution in [2.24, 2.45) is 5.41 Å². The largest absolute Gasteiger partial charge is 0.475 e. The molecule has 2 saturated heterocycles. The van der Waals surface area contributed by atoms with E-state index in [1.807, 2.05) is 13.8 Å². The first kappa shape index (κ1) is 24.3. The first-order valence-electron chi connectivity index (χ1n) is 11.4. The van der Waals surface area contributed by atoms with E-state index in [0.717, 1.165) is 25.7 Å². The molecule has 184 valence electrons. The third-order valence-corrected chi connectivity index (χ3v) is 7.83. The zero-order chi connectivity index (χ0) is 23.6. The number of unbranched alkanes of at least 4 members (excludes halogenated alkanes) is 1. The molecule has 0 spiro atoms. The van der Waals surface area contributed by atoms with Crippen molar-refractivity contribution in [1.82, 2.24) is 9.55 Å². The van der Waals surface area contributed by atoms with Gasteiger partial charge in [-0.1, -0.05) is 13.8 Å². The number of hydrogen-bond donors (Lipinski definition) is 1. The lowest BCUT2D eigenvalue weighted by Gasteiger charge is -2.36. The lowest BCUT2D eigenvalue weighted by Crippen LogP contribution is -2.42. The van der Waals surface area contributed by atoms with Crippen LogP contribution in [0.3, 0.4) is 0 Å². The minimum absolute atomic E-state index is 0.0201. The van der Waals surface area contributed by atoms with Gasteiger partial charge < -0.3 is 9.47 Å². The predicted octanol–water partition coefficient (Wildman–Crippen LogP) is 2.66. The van der Waals surface area contributed by atoms with Gasteiger partial charge in [-0.15, -0.1) is 0 Å². The third kappa shape index (κ3) is 5.49. The molecule has 4 atom stereocenters. The number of fused-ring (bicyclic) bond motifs is 1. The van der Waals surface area contributed by atoms with Crippen molar-refractivity contribution in [3.05, 3.63) is 33.1 Å². The number of ether oxygens (including phenoxy) is 2. The number of phosphoric ester groups is 1. The van der Waals surface area contributed by atoms with Crippen LogP contribution in [0.15, 0.2) is 21.9 Å². The maximum atomic E-state index is 13.0. The Morgan fingerprint density at radius 2 is 2.03 bits per heavy atom. The highest BCUT2D eigenvalue weighted by atomic mass is 31.2. The van der Waals surface area contributed by atoms with Crippen LogP contribution in [0.2, 0.25) is 0 Å². The van der Waals surface area contributed by atoms with E-state index in [-0.39, 0.29) is 31.7 Å². The number of nitrogens with zero attached hydrogens (tertiary/aromatic N) is 1. The zero-order valence-corrected chi connectivity index (χ0v) is 19.8. The molecule has 1 aromatic rings. The molecule has 4 rings (SSSR count). The lowest BCUT2D eigenvalue weighted by molar-refractivity contribution is -0.148. The van der Waals surface area contributed by atoms with Gasteiger partial charge >= 0.3 is 19.5 Å². The van der Waals surface area contributed by atoms with Gasteiger partial charge in [0.2, 0.25) is 0 Å². The summed E-state index contributed by atoms with van der Waals surface area (Å²) < 4.78 is 42.3. The number of esters is 1. The van der Waals surface area contributed by atoms with Crippen LogP contribution in [-0.4, -0.2) is 47.0 Å². The highest BCUT2D eigenvalue weighted by Crippen LogP contribution is 2.60. The van der Waals surface area contributed by atoms with Gasteiger partial charge in [0.25, 0.3) is 5.56 Å². The summed E-state index contributed by atoms with van der Waals surface area (Å²) in [4.78, 5) is 37.7. The van der Waals surface area contributed by atoms with Crippen LogP contribution in [0.5, 0.6) is 0 Å². The molecule has 11 nitrogen and oxygen atoms in total. The van der Waals surface area contributed by atoms with Gasteiger partial charge in [-0.05, 0) is 38.5 Å². The molecule has 12 heteroatoms. The second-order valence-corrected chi connectivity index (χ2v) is 10.9. The maximum absolute atomic E-state index is 13.0. The molecule has 0 amide bonds. The fourth-order valence-corrected chi connectivity index (χ4v) is 6.16. The van der Waals surface area contributed by atoms with Gasteiger partial charge in [0.15, 0.2) is 0 Å². The van der Waals surface area contributed by atoms with E-state index in [0.29, 0.717) is 12.8 Å². The van der Waals surface area contributed by atoms with Crippen molar-refractivity contribution in [2.75, 3.05) is 13.2 Å². The Bertz CT molecular complexity index is 1010. The molecule has 1 aromatic heterocycles. The number of H-pyrrole nitrogens is 1. The molecule has 0 aromatic carbocycles. The van der Waals surface area contributed by atoms with E-state index in [1.54, 1.807) is 0 Å². The van der Waals surface area contributed by atoms with Crippen molar-refractivity contribution in [3.63, 3.8) is 0 Å². The number of carbonyl (C=O) groups is 1. The van der Waals surface area contributed by atoms with Crippen molar-refractivity contribution in [2.45, 2.75) is 83.3 Å². The number of aromatic nitrogens is 2. The van der Waals surface area contributed by atoms with Crippen molar-refractivity contribution >= 4 is 13.8 Å². The average molecular weight is 486 g/mol. The Kier molecular flexibility index (Phi) is 7.26. The molecule has 1 aliphatic carbocycles. The summed E-state index contributed by atoms with van der Waals surface area (Å²) >= 11 is 0. The Morgan fingerprint density at radius 3 is 2.76 bits per heavy atom. The highest BCUT2D eigenvalue weighted by Gasteiger charge is 2.58. The summed E-state index contributed by atoms with van der Waals surface area (Å²) in [6, 6.07) is 1.23. The van der Waals surface area contributed by atoms with Crippen LogP contribution in [0.25, 0.3) is 0 Å². The van der Waals surface area contributed by atoms with Gasteiger partial charge in [-0.2, -0.15) is 0 Å². The molecule has 0 bridgehead atoms. The van der Waals surface area contributed by atoms with Crippen LogP contribution in [0.4, 0.5) is 0 Å². The monoisotopic (exact) mass is 486 g/mol. The summed E-state index contributed by atoms with van der Waals surface area (Å²) in [7, 11) is -3.83. The molecule has 1 saturated carbocycles. The Labute approximate surface area is 191 Å². The molecule has 3 fully saturated rings. The van der Waals surface area contributed by atoms with E-state index in [2.05, 4.69) is 4.98 Å². The van der Waals surface area contributed by atoms with Crippen molar-refractivity contribution in [3.8, 4) is 0 Å². The second kappa shape index (κ2) is 9.84. The first-order valence-corrected chi connectivity index (χ1v) is 12.9. The van der Waals surface area contributed by atoms with Gasteiger partial charge in [0.05, 0.1) is 13.2 Å². The summed E-state index contributed by atoms with van der Waals surface area (Å²) in [6.45, 7) is 3.74. The number of carbonyl (C=O) groups excluding carboxylic acids is 1. The standard InChI is InChI=1S/C21H31N2O9P/c1-21(2)18-15(31-19(21)23-11-10-16(24)22-20(23)26)13-29-33(27,32-18)28-12-6-5-9-17(25)30-14-7-3-4-8-14/h10-11,14-15,18-19H,3-9,12-13H2,1-2H3,(H,22,24,26)/t15-,18-,19-,33-/m1/s1. The predicted molar refractivity (Wildman–Crippen MR) is 116 cm³/mol. The molecule has 3 aliphatic rings. The number of aromatic amines is 1. The minimum atomic E-state index is -3.83. The van der Waals surface area contributed by atoms with Gasteiger partial charge in [0.1, 0.15) is 24.5 Å². The average Bonchev–Trinajstić information content (AvgIpc) is 3.34. The van der Waals surface area contributed by atoms with Gasteiger partial charge in [-0.25, -0.2) is 9.36 Å². The Morgan fingerprint density at radius 1 is 1.27 bits per heavy atom. The number of phosphoric acid groups is 1. The molecule has 33 heavy (non-hydrogen) atoms. The van der Waals surface area contributed by atoms with E-state index in [9.17, 15) is 18.9 Å². The molecule has 1 N–H and O–H groups in total. The second-order valence-electron chi connectivity index (χ2n) is 9.32. The topological polar surface area (TPSA) is 135 Å². The fraction of sp³-hybridized carbons (Fsp3) is 0.762. The summed E-state index contributed by atoms with van der Waals surface area (Å²) in [5.41, 5.74) is -1.88. The molecular weight excluding hydrogens is 455 g/mol. The van der Waals surface area contributed by atoms with Crippen LogP contribution in [0, 0.1) is 5.41 Å². The van der Waals surface area contributed by atoms with E-state index in [4.69, 9.17) is 23.0 Å². The van der Waals surface area contributed by atoms with Crippen molar-refractivity contribution in [1.29, 1.82) is 0 Å². The number of rotatable bonds is 8. The fourth-order valence-electron chi connectivity index (χ4n) is 4.60. The number of nitrogens with one attached hydrogen (secondary N) is 1. The molecule has 0 radical (unpaired) electrons. The Hall–Kier alpha value is -1.78. The molecule has 3 heterocycles. The van der Waals surface area contributed by atoms with Gasteiger partial charge in [-0.3, -0.25) is 32.7 Å². The van der Waals surface area contributed by atoms with E-state index >= 15 is 0 Å². The summed E-state index contributed by atoms with van der Waals surface area (Å²) in [6.07, 6.45) is 4.87. The highest BCUT2D eigenvalue weighted by molar-refractivity contribution is 7.48. The van der Waals surface area contributed by atoms with E-state index < -0.39 is 42.9 Å². The maximum Gasteiger partial charge on any atom is 0.475 e. The normalized spacial score (nSPS) is 31.4. The van der Waals surface area contributed by atoms with Crippen LogP contribution in [0.1, 0.15) is 65.0 Å². The van der Waals surface area contributed by atoms with E-state index in [1.165, 1.54) is 16.8 Å². The van der Waals surface area contributed by atoms with Crippen molar-refractivity contribution < 1.29 is 32.4 Å². The minimum Gasteiger partial charge on any atom is -0.462 e. The smallest absolute Gasteiger partial charge is 0.462 e. The first-order chi connectivity index (χ1) is 15.7. The molecular formula is C21H31N2O9P. The quantitative estimate of drug-likeness (QED) is 0.334. The summed E-state index contributed by atoms with van der Waals surface area (Å²) in [5, 5.41) is 0. The third-order valence-electron chi connectivity index (χ3n) is 6.38. The van der Waals surface area contributed by atoms with Gasteiger partial charge in [0, 0.05) is 24.1 Å². The Balaban J connectivity index is 1.28. The number of hydrogen-bond acceptors (Lipinski definition) is 9. The summed E-state index contributed by atoms with van der Waals surface area (Å²) in [5.74, 6) is -0.213. The van der Waals surface area contributed by atoms with Crippen LogP contribution < -0.4 is 11.2 Å². The van der Waals surface area contributed by atoms with Crippen LogP contribution >= 0.6 is 7.82 Å². The SMILES string of the molecule is CC1(C)[C@@H]2O[P@](=O)(OCCCCC(=O)OC3CCCC3)OC[C@H]2O[C@H]1n1ccc(=O)[nH]c1=O. The molecule has 2 aliphatic heterocycles.